The zero-order valence-corrected chi connectivity index (χ0v) is 18.7. The molecule has 0 spiro atoms. The first kappa shape index (κ1) is 21.8. The Balaban J connectivity index is 1.45. The van der Waals surface area contributed by atoms with Crippen LogP contribution in [-0.2, 0) is 19.5 Å². The molecule has 0 radical (unpaired) electrons. The van der Waals surface area contributed by atoms with E-state index in [1.807, 2.05) is 60.3 Å². The molecule has 0 aliphatic carbocycles. The second-order valence-corrected chi connectivity index (χ2v) is 8.05. The summed E-state index contributed by atoms with van der Waals surface area (Å²) in [6.45, 7) is 2.36. The third kappa shape index (κ3) is 4.04. The third-order valence-electron chi connectivity index (χ3n) is 5.70. The highest BCUT2D eigenvalue weighted by molar-refractivity contribution is 6.08. The fourth-order valence-corrected chi connectivity index (χ4v) is 4.08. The molecule has 0 aliphatic rings. The standard InChI is InChI=1S/C24H25N7O3/c1-2-18-23-19(26-24(34)21-12-25-22-8-3-4-10-30(21)22)6-5-7-20(23)31(28-18)13-16-9-11-29(27-16)14-17(33)15-32/h3-12,17,32-33H,2,13-15H2,1H3,(H,26,34). The van der Waals surface area contributed by atoms with Crippen LogP contribution in [0.3, 0.4) is 0 Å². The molecule has 0 aliphatic heterocycles. The second-order valence-electron chi connectivity index (χ2n) is 8.05. The van der Waals surface area contributed by atoms with Crippen LogP contribution in [0.2, 0.25) is 0 Å². The van der Waals surface area contributed by atoms with Gasteiger partial charge in [-0.15, -0.1) is 0 Å². The van der Waals surface area contributed by atoms with Crippen LogP contribution in [0.15, 0.2) is 61.1 Å². The van der Waals surface area contributed by atoms with Gasteiger partial charge < -0.3 is 15.5 Å². The number of amides is 1. The van der Waals surface area contributed by atoms with Crippen molar-refractivity contribution in [1.82, 2.24) is 28.9 Å². The average Bonchev–Trinajstić information content (AvgIpc) is 3.57. The van der Waals surface area contributed by atoms with E-state index in [4.69, 9.17) is 10.2 Å². The van der Waals surface area contributed by atoms with Crippen molar-refractivity contribution >= 4 is 28.1 Å². The summed E-state index contributed by atoms with van der Waals surface area (Å²) in [5, 5.41) is 31.9. The van der Waals surface area contributed by atoms with Crippen molar-refractivity contribution in [2.45, 2.75) is 32.5 Å². The Morgan fingerprint density at radius 3 is 2.82 bits per heavy atom. The number of carbonyl (C=O) groups excluding carboxylic acids is 1. The molecule has 1 unspecified atom stereocenters. The number of aryl methyl sites for hydroxylation is 1. The zero-order valence-electron chi connectivity index (χ0n) is 18.7. The molecule has 4 heterocycles. The maximum absolute atomic E-state index is 13.1. The van der Waals surface area contributed by atoms with E-state index in [2.05, 4.69) is 15.4 Å². The van der Waals surface area contributed by atoms with E-state index in [0.717, 1.165) is 22.3 Å². The van der Waals surface area contributed by atoms with Crippen molar-refractivity contribution in [3.05, 3.63) is 78.1 Å². The van der Waals surface area contributed by atoms with Gasteiger partial charge in [0.05, 0.1) is 54.6 Å². The van der Waals surface area contributed by atoms with Gasteiger partial charge in [0, 0.05) is 17.8 Å². The molecule has 5 aromatic rings. The minimum Gasteiger partial charge on any atom is -0.394 e. The lowest BCUT2D eigenvalue weighted by atomic mass is 10.1. The number of anilines is 1. The zero-order chi connectivity index (χ0) is 23.7. The van der Waals surface area contributed by atoms with Crippen LogP contribution in [0.4, 0.5) is 5.69 Å². The van der Waals surface area contributed by atoms with Gasteiger partial charge >= 0.3 is 0 Å². The van der Waals surface area contributed by atoms with E-state index < -0.39 is 6.10 Å². The Hall–Kier alpha value is -4.02. The van der Waals surface area contributed by atoms with Crippen molar-refractivity contribution in [2.75, 3.05) is 11.9 Å². The first-order valence-electron chi connectivity index (χ1n) is 11.1. The largest absolute Gasteiger partial charge is 0.394 e. The maximum Gasteiger partial charge on any atom is 0.274 e. The Labute approximate surface area is 195 Å². The highest BCUT2D eigenvalue weighted by Gasteiger charge is 2.18. The normalized spacial score (nSPS) is 12.4. The lowest BCUT2D eigenvalue weighted by Crippen LogP contribution is -2.20. The molecule has 3 N–H and O–H groups in total. The molecule has 4 aromatic heterocycles. The van der Waals surface area contributed by atoms with Crippen molar-refractivity contribution in [3.63, 3.8) is 0 Å². The van der Waals surface area contributed by atoms with Crippen LogP contribution >= 0.6 is 0 Å². The summed E-state index contributed by atoms with van der Waals surface area (Å²) in [7, 11) is 0. The number of fused-ring (bicyclic) bond motifs is 2. The summed E-state index contributed by atoms with van der Waals surface area (Å²) in [6, 6.07) is 13.2. The van der Waals surface area contributed by atoms with E-state index in [1.54, 1.807) is 21.5 Å². The molecule has 0 fully saturated rings. The first-order valence-corrected chi connectivity index (χ1v) is 11.1. The van der Waals surface area contributed by atoms with Gasteiger partial charge in [-0.3, -0.25) is 18.6 Å². The molecule has 0 bridgehead atoms. The van der Waals surface area contributed by atoms with Crippen LogP contribution in [0.5, 0.6) is 0 Å². The van der Waals surface area contributed by atoms with E-state index in [-0.39, 0.29) is 19.1 Å². The Kier molecular flexibility index (Phi) is 5.83. The lowest BCUT2D eigenvalue weighted by molar-refractivity contribution is 0.0781. The number of aliphatic hydroxyl groups is 2. The van der Waals surface area contributed by atoms with Gasteiger partial charge in [-0.25, -0.2) is 4.98 Å². The van der Waals surface area contributed by atoms with Crippen LogP contribution in [-0.4, -0.2) is 57.8 Å². The number of rotatable bonds is 8. The number of imidazole rings is 1. The van der Waals surface area contributed by atoms with Gasteiger partial charge in [-0.2, -0.15) is 10.2 Å². The minimum absolute atomic E-state index is 0.218. The molecule has 1 amide bonds. The lowest BCUT2D eigenvalue weighted by Gasteiger charge is -2.08. The molecule has 10 heteroatoms. The molecular formula is C24H25N7O3. The SMILES string of the molecule is CCc1nn(Cc2ccn(CC(O)CO)n2)c2cccc(NC(=O)c3cnc4ccccn34)c12. The third-order valence-corrected chi connectivity index (χ3v) is 5.70. The van der Waals surface area contributed by atoms with Crippen LogP contribution in [0.1, 0.15) is 28.8 Å². The topological polar surface area (TPSA) is 123 Å². The average molecular weight is 460 g/mol. The number of pyridine rings is 1. The number of carbonyl (C=O) groups is 1. The van der Waals surface area contributed by atoms with Gasteiger partial charge in [0.2, 0.25) is 0 Å². The van der Waals surface area contributed by atoms with Gasteiger partial charge in [-0.1, -0.05) is 19.1 Å². The van der Waals surface area contributed by atoms with Crippen LogP contribution in [0, 0.1) is 0 Å². The minimum atomic E-state index is -0.857. The number of nitrogens with zero attached hydrogens (tertiary/aromatic N) is 6. The fourth-order valence-electron chi connectivity index (χ4n) is 4.08. The van der Waals surface area contributed by atoms with Gasteiger partial charge in [-0.05, 0) is 36.8 Å². The second kappa shape index (κ2) is 9.08. The van der Waals surface area contributed by atoms with E-state index in [1.165, 1.54) is 0 Å². The Bertz CT molecular complexity index is 1470. The number of benzene rings is 1. The highest BCUT2D eigenvalue weighted by atomic mass is 16.3. The summed E-state index contributed by atoms with van der Waals surface area (Å²) in [4.78, 5) is 17.4. The molecule has 1 aromatic carbocycles. The molecule has 174 valence electrons. The molecular weight excluding hydrogens is 434 g/mol. The summed E-state index contributed by atoms with van der Waals surface area (Å²) >= 11 is 0. The Morgan fingerprint density at radius 2 is 2.00 bits per heavy atom. The van der Waals surface area contributed by atoms with E-state index >= 15 is 0 Å². The van der Waals surface area contributed by atoms with Gasteiger partial charge in [0.1, 0.15) is 11.3 Å². The molecule has 1 atom stereocenters. The van der Waals surface area contributed by atoms with Crippen molar-refractivity contribution in [2.24, 2.45) is 0 Å². The first-order chi connectivity index (χ1) is 16.6. The van der Waals surface area contributed by atoms with Crippen molar-refractivity contribution in [3.8, 4) is 0 Å². The molecule has 10 nitrogen and oxygen atoms in total. The van der Waals surface area contributed by atoms with Crippen molar-refractivity contribution in [1.29, 1.82) is 0 Å². The number of aliphatic hydroxyl groups excluding tert-OH is 2. The Morgan fingerprint density at radius 1 is 1.12 bits per heavy atom. The predicted molar refractivity (Wildman–Crippen MR) is 127 cm³/mol. The summed E-state index contributed by atoms with van der Waals surface area (Å²) in [6.07, 6.45) is 4.99. The van der Waals surface area contributed by atoms with Gasteiger partial charge in [0.25, 0.3) is 5.91 Å². The van der Waals surface area contributed by atoms with Crippen LogP contribution in [0.25, 0.3) is 16.6 Å². The summed E-state index contributed by atoms with van der Waals surface area (Å²) in [5.41, 5.74) is 4.38. The van der Waals surface area contributed by atoms with Gasteiger partial charge in [0.15, 0.2) is 0 Å². The predicted octanol–water partition coefficient (Wildman–Crippen LogP) is 2.10. The summed E-state index contributed by atoms with van der Waals surface area (Å²) < 4.78 is 5.22. The van der Waals surface area contributed by atoms with Crippen molar-refractivity contribution < 1.29 is 15.0 Å². The molecule has 5 rings (SSSR count). The number of hydrogen-bond acceptors (Lipinski definition) is 6. The number of aromatic nitrogens is 6. The highest BCUT2D eigenvalue weighted by Crippen LogP contribution is 2.28. The quantitative estimate of drug-likeness (QED) is 0.327. The monoisotopic (exact) mass is 459 g/mol. The van der Waals surface area contributed by atoms with E-state index in [9.17, 15) is 9.90 Å². The van der Waals surface area contributed by atoms with E-state index in [0.29, 0.717) is 30.0 Å². The molecule has 34 heavy (non-hydrogen) atoms. The summed E-state index contributed by atoms with van der Waals surface area (Å²) in [5.74, 6) is -0.248. The number of nitrogens with one attached hydrogen (secondary N) is 1. The smallest absolute Gasteiger partial charge is 0.274 e. The maximum atomic E-state index is 13.1. The fraction of sp³-hybridized carbons (Fsp3) is 0.250. The number of hydrogen-bond donors (Lipinski definition) is 3. The van der Waals surface area contributed by atoms with Crippen LogP contribution < -0.4 is 5.32 Å². The molecule has 0 saturated heterocycles. The molecule has 0 saturated carbocycles.